The number of carboxylic acid groups (broad SMARTS) is 1. The van der Waals surface area contributed by atoms with Crippen LogP contribution >= 0.6 is 0 Å². The molecule has 2 aromatic carbocycles. The summed E-state index contributed by atoms with van der Waals surface area (Å²) in [6.45, 7) is 4.49. The van der Waals surface area contributed by atoms with Gasteiger partial charge in [0.15, 0.2) is 0 Å². The van der Waals surface area contributed by atoms with Crippen LogP contribution in [-0.2, 0) is 4.79 Å². The van der Waals surface area contributed by atoms with Crippen molar-refractivity contribution in [3.8, 4) is 0 Å². The highest BCUT2D eigenvalue weighted by atomic mass is 16.4. The number of rotatable bonds is 5. The Bertz CT molecular complexity index is 879. The smallest absolute Gasteiger partial charge is 0.335 e. The van der Waals surface area contributed by atoms with Crippen molar-refractivity contribution in [3.05, 3.63) is 65.2 Å². The number of carboxylic acids is 1. The minimum absolute atomic E-state index is 0.0677. The van der Waals surface area contributed by atoms with Gasteiger partial charge in [-0.25, -0.2) is 4.79 Å². The molecule has 1 atom stereocenters. The number of likely N-dealkylation sites (N-methyl/N-ethyl adjacent to an activating group) is 1. The molecule has 27 heavy (non-hydrogen) atoms. The highest BCUT2D eigenvalue weighted by Gasteiger charge is 2.38. The van der Waals surface area contributed by atoms with Gasteiger partial charge in [0.2, 0.25) is 5.91 Å². The Morgan fingerprint density at radius 1 is 1.15 bits per heavy atom. The van der Waals surface area contributed by atoms with E-state index in [4.69, 9.17) is 0 Å². The summed E-state index contributed by atoms with van der Waals surface area (Å²) in [4.78, 5) is 40.5. The molecule has 2 amide bonds. The van der Waals surface area contributed by atoms with Crippen molar-refractivity contribution < 1.29 is 19.5 Å². The number of nitrogens with zero attached hydrogens (tertiary/aromatic N) is 2. The van der Waals surface area contributed by atoms with Crippen molar-refractivity contribution in [1.29, 1.82) is 0 Å². The number of aromatic carboxylic acids is 1. The zero-order valence-electron chi connectivity index (χ0n) is 15.4. The lowest BCUT2D eigenvalue weighted by atomic mass is 10.0. The van der Waals surface area contributed by atoms with Crippen molar-refractivity contribution in [2.24, 2.45) is 0 Å². The highest BCUT2D eigenvalue weighted by molar-refractivity contribution is 6.04. The molecule has 1 N–H and O–H groups in total. The number of para-hydroxylation sites is 1. The van der Waals surface area contributed by atoms with Gasteiger partial charge in [-0.15, -0.1) is 0 Å². The fourth-order valence-corrected chi connectivity index (χ4v) is 3.52. The van der Waals surface area contributed by atoms with Gasteiger partial charge in [-0.2, -0.15) is 0 Å². The molecule has 1 fully saturated rings. The van der Waals surface area contributed by atoms with Gasteiger partial charge in [-0.1, -0.05) is 18.2 Å². The Labute approximate surface area is 158 Å². The maximum absolute atomic E-state index is 13.0. The van der Waals surface area contributed by atoms with Gasteiger partial charge in [-0.3, -0.25) is 9.59 Å². The molecule has 0 aliphatic carbocycles. The van der Waals surface area contributed by atoms with Gasteiger partial charge in [-0.05, 0) is 56.2 Å². The van der Waals surface area contributed by atoms with Crippen LogP contribution in [-0.4, -0.2) is 46.9 Å². The molecule has 1 aliphatic rings. The summed E-state index contributed by atoms with van der Waals surface area (Å²) in [5.74, 6) is -1.51. The number of aryl methyl sites for hydroxylation is 1. The molecular formula is C21H22N2O4. The molecule has 0 radical (unpaired) electrons. The highest BCUT2D eigenvalue weighted by Crippen LogP contribution is 2.25. The SMILES string of the molecule is CCN(C(=O)c1cc(C)cc(C(=O)O)c1)C1CCN(c2ccccc2)C1=O. The van der Waals surface area contributed by atoms with Crippen LogP contribution in [0.5, 0.6) is 0 Å². The second-order valence-corrected chi connectivity index (χ2v) is 6.61. The minimum atomic E-state index is -1.08. The number of carbonyl (C=O) groups excluding carboxylic acids is 2. The zero-order valence-corrected chi connectivity index (χ0v) is 15.4. The molecule has 6 nitrogen and oxygen atoms in total. The Morgan fingerprint density at radius 2 is 1.81 bits per heavy atom. The summed E-state index contributed by atoms with van der Waals surface area (Å²) < 4.78 is 0. The third-order valence-electron chi connectivity index (χ3n) is 4.79. The maximum Gasteiger partial charge on any atom is 0.335 e. The Balaban J connectivity index is 1.86. The largest absolute Gasteiger partial charge is 0.478 e. The van der Waals surface area contributed by atoms with E-state index < -0.39 is 12.0 Å². The average molecular weight is 366 g/mol. The van der Waals surface area contributed by atoms with Crippen molar-refractivity contribution >= 4 is 23.5 Å². The second kappa shape index (κ2) is 7.61. The summed E-state index contributed by atoms with van der Waals surface area (Å²) in [5.41, 5.74) is 1.87. The third kappa shape index (κ3) is 3.69. The summed E-state index contributed by atoms with van der Waals surface area (Å²) in [6, 6.07) is 13.4. The molecule has 0 saturated carbocycles. The second-order valence-electron chi connectivity index (χ2n) is 6.61. The summed E-state index contributed by atoms with van der Waals surface area (Å²) in [7, 11) is 0. The molecule has 3 rings (SSSR count). The normalized spacial score (nSPS) is 16.4. The summed E-state index contributed by atoms with van der Waals surface area (Å²) >= 11 is 0. The van der Waals surface area contributed by atoms with E-state index in [-0.39, 0.29) is 17.4 Å². The van der Waals surface area contributed by atoms with E-state index in [1.165, 1.54) is 17.0 Å². The van der Waals surface area contributed by atoms with Gasteiger partial charge < -0.3 is 14.9 Å². The quantitative estimate of drug-likeness (QED) is 0.882. The van der Waals surface area contributed by atoms with Crippen LogP contribution in [0.2, 0.25) is 0 Å². The van der Waals surface area contributed by atoms with Crippen LogP contribution in [0.15, 0.2) is 48.5 Å². The minimum Gasteiger partial charge on any atom is -0.478 e. The zero-order chi connectivity index (χ0) is 19.6. The van der Waals surface area contributed by atoms with Gasteiger partial charge in [0.25, 0.3) is 5.91 Å². The molecule has 1 unspecified atom stereocenters. The first-order valence-corrected chi connectivity index (χ1v) is 8.94. The van der Waals surface area contributed by atoms with Gasteiger partial charge in [0, 0.05) is 24.3 Å². The van der Waals surface area contributed by atoms with Crippen LogP contribution < -0.4 is 4.90 Å². The number of amides is 2. The molecule has 1 aliphatic heterocycles. The lowest BCUT2D eigenvalue weighted by Crippen LogP contribution is -2.45. The lowest BCUT2D eigenvalue weighted by Gasteiger charge is -2.27. The number of hydrogen-bond acceptors (Lipinski definition) is 3. The van der Waals surface area contributed by atoms with Gasteiger partial charge in [0.05, 0.1) is 5.56 Å². The summed E-state index contributed by atoms with van der Waals surface area (Å²) in [6.07, 6.45) is 0.547. The number of benzene rings is 2. The predicted octanol–water partition coefficient (Wildman–Crippen LogP) is 2.96. The van der Waals surface area contributed by atoms with E-state index in [0.29, 0.717) is 30.6 Å². The molecular weight excluding hydrogens is 344 g/mol. The van der Waals surface area contributed by atoms with E-state index in [1.54, 1.807) is 17.9 Å². The monoisotopic (exact) mass is 366 g/mol. The van der Waals surface area contributed by atoms with E-state index in [2.05, 4.69) is 0 Å². The van der Waals surface area contributed by atoms with Gasteiger partial charge in [0.1, 0.15) is 6.04 Å². The van der Waals surface area contributed by atoms with Gasteiger partial charge >= 0.3 is 5.97 Å². The molecule has 2 aromatic rings. The molecule has 0 bridgehead atoms. The van der Waals surface area contributed by atoms with Crippen LogP contribution in [0.25, 0.3) is 0 Å². The Kier molecular flexibility index (Phi) is 5.26. The molecule has 140 valence electrons. The van der Waals surface area contributed by atoms with Crippen LogP contribution in [0.1, 0.15) is 39.6 Å². The fraction of sp³-hybridized carbons (Fsp3) is 0.286. The molecule has 0 aromatic heterocycles. The standard InChI is InChI=1S/C21H22N2O4/c1-3-22(19(24)15-11-14(2)12-16(13-15)21(26)27)18-9-10-23(20(18)25)17-7-5-4-6-8-17/h4-8,11-13,18H,3,9-10H2,1-2H3,(H,26,27). The first kappa shape index (κ1) is 18.6. The van der Waals surface area contributed by atoms with Crippen LogP contribution in [0, 0.1) is 6.92 Å². The third-order valence-corrected chi connectivity index (χ3v) is 4.79. The first-order chi connectivity index (χ1) is 12.9. The first-order valence-electron chi connectivity index (χ1n) is 8.94. The molecule has 0 spiro atoms. The number of anilines is 1. The van der Waals surface area contributed by atoms with Crippen molar-refractivity contribution in [1.82, 2.24) is 4.90 Å². The molecule has 6 heteroatoms. The number of hydrogen-bond donors (Lipinski definition) is 1. The van der Waals surface area contributed by atoms with E-state index in [1.807, 2.05) is 37.3 Å². The topological polar surface area (TPSA) is 77.9 Å². The van der Waals surface area contributed by atoms with Crippen molar-refractivity contribution in [2.75, 3.05) is 18.0 Å². The summed E-state index contributed by atoms with van der Waals surface area (Å²) in [5, 5.41) is 9.24. The molecule has 1 saturated heterocycles. The van der Waals surface area contributed by atoms with E-state index in [0.717, 1.165) is 5.69 Å². The Hall–Kier alpha value is -3.15. The van der Waals surface area contributed by atoms with Crippen molar-refractivity contribution in [2.45, 2.75) is 26.3 Å². The average Bonchev–Trinajstić information content (AvgIpc) is 3.04. The predicted molar refractivity (Wildman–Crippen MR) is 102 cm³/mol. The Morgan fingerprint density at radius 3 is 2.44 bits per heavy atom. The number of carbonyl (C=O) groups is 3. The van der Waals surface area contributed by atoms with E-state index in [9.17, 15) is 19.5 Å². The van der Waals surface area contributed by atoms with Crippen LogP contribution in [0.4, 0.5) is 5.69 Å². The van der Waals surface area contributed by atoms with E-state index >= 15 is 0 Å². The molecule has 1 heterocycles. The lowest BCUT2D eigenvalue weighted by molar-refractivity contribution is -0.120. The van der Waals surface area contributed by atoms with Crippen LogP contribution in [0.3, 0.4) is 0 Å². The van der Waals surface area contributed by atoms with Crippen molar-refractivity contribution in [3.63, 3.8) is 0 Å². The fourth-order valence-electron chi connectivity index (χ4n) is 3.52. The maximum atomic E-state index is 13.0.